The Morgan fingerprint density at radius 2 is 1.68 bits per heavy atom. The molecule has 0 fully saturated rings. The van der Waals surface area contributed by atoms with Gasteiger partial charge in [-0.25, -0.2) is 15.0 Å². The molecule has 0 saturated carbocycles. The van der Waals surface area contributed by atoms with Crippen LogP contribution in [-0.4, -0.2) is 38.7 Å². The molecular formula is C27H21N5O2. The minimum Gasteiger partial charge on any atom is -0.506 e. The zero-order valence-electron chi connectivity index (χ0n) is 18.7. The topological polar surface area (TPSA) is 76.3 Å². The van der Waals surface area contributed by atoms with Crippen molar-refractivity contribution >= 4 is 38.4 Å². The maximum atomic E-state index is 10.4. The van der Waals surface area contributed by atoms with Crippen LogP contribution in [0.25, 0.3) is 38.5 Å². The number of fused-ring (bicyclic) bond motifs is 4. The molecule has 6 rings (SSSR count). The Hall–Kier alpha value is -4.65. The quantitative estimate of drug-likeness (QED) is 0.374. The number of hydrogen-bond acceptors (Lipinski definition) is 6. The Labute approximate surface area is 195 Å². The van der Waals surface area contributed by atoms with Gasteiger partial charge in [-0.3, -0.25) is 4.57 Å². The molecule has 7 heteroatoms. The van der Waals surface area contributed by atoms with Crippen molar-refractivity contribution < 1.29 is 9.84 Å². The van der Waals surface area contributed by atoms with Gasteiger partial charge in [0, 0.05) is 54.3 Å². The lowest BCUT2D eigenvalue weighted by atomic mass is 10.1. The highest BCUT2D eigenvalue weighted by Gasteiger charge is 2.15. The molecule has 0 aliphatic heterocycles. The van der Waals surface area contributed by atoms with E-state index in [1.807, 2.05) is 73.6 Å². The summed E-state index contributed by atoms with van der Waals surface area (Å²) in [4.78, 5) is 15.1. The number of phenols is 1. The van der Waals surface area contributed by atoms with Gasteiger partial charge in [0.25, 0.3) is 0 Å². The van der Waals surface area contributed by atoms with Crippen molar-refractivity contribution in [2.24, 2.45) is 0 Å². The average molecular weight is 447 g/mol. The number of benzene rings is 3. The van der Waals surface area contributed by atoms with Crippen LogP contribution in [0.2, 0.25) is 0 Å². The molecule has 6 aromatic rings. The van der Waals surface area contributed by atoms with Gasteiger partial charge in [-0.1, -0.05) is 18.2 Å². The van der Waals surface area contributed by atoms with Gasteiger partial charge in [0.1, 0.15) is 29.2 Å². The van der Waals surface area contributed by atoms with E-state index in [0.29, 0.717) is 17.1 Å². The van der Waals surface area contributed by atoms with E-state index < -0.39 is 0 Å². The van der Waals surface area contributed by atoms with Crippen molar-refractivity contribution in [1.29, 1.82) is 0 Å². The van der Waals surface area contributed by atoms with Gasteiger partial charge in [0.15, 0.2) is 0 Å². The summed E-state index contributed by atoms with van der Waals surface area (Å²) in [5.41, 5.74) is 3.50. The molecule has 0 spiro atoms. The molecule has 3 aromatic heterocycles. The van der Waals surface area contributed by atoms with Gasteiger partial charge in [0.2, 0.25) is 5.88 Å². The Morgan fingerprint density at radius 3 is 2.50 bits per heavy atom. The van der Waals surface area contributed by atoms with Crippen LogP contribution in [0.4, 0.5) is 5.69 Å². The Morgan fingerprint density at radius 1 is 0.853 bits per heavy atom. The maximum absolute atomic E-state index is 10.4. The summed E-state index contributed by atoms with van der Waals surface area (Å²) < 4.78 is 8.25. The fraction of sp³-hybridized carbons (Fsp3) is 0.0741. The molecule has 166 valence electrons. The lowest BCUT2D eigenvalue weighted by molar-refractivity contribution is 0.460. The number of phenolic OH excluding ortho intramolecular Hbond substituents is 1. The molecule has 0 aliphatic carbocycles. The number of rotatable bonds is 4. The van der Waals surface area contributed by atoms with Crippen LogP contribution in [0.5, 0.6) is 17.4 Å². The molecule has 3 heterocycles. The molecule has 3 aromatic carbocycles. The SMILES string of the molecule is CN(C)c1ccc(O)c2nc(Oc3ccc4c5ccccc5n(-c5ccncn5)c4c3)ccc12. The normalized spacial score (nSPS) is 11.4. The summed E-state index contributed by atoms with van der Waals surface area (Å²) in [6, 6.07) is 23.3. The smallest absolute Gasteiger partial charge is 0.219 e. The first kappa shape index (κ1) is 20.0. The van der Waals surface area contributed by atoms with Crippen LogP contribution in [0.3, 0.4) is 0 Å². The van der Waals surface area contributed by atoms with Crippen LogP contribution in [0.15, 0.2) is 85.3 Å². The van der Waals surface area contributed by atoms with Crippen molar-refractivity contribution in [3.05, 3.63) is 85.3 Å². The van der Waals surface area contributed by atoms with E-state index in [4.69, 9.17) is 4.74 Å². The van der Waals surface area contributed by atoms with Crippen LogP contribution in [-0.2, 0) is 0 Å². The Kier molecular flexibility index (Phi) is 4.55. The van der Waals surface area contributed by atoms with Crippen molar-refractivity contribution in [2.75, 3.05) is 19.0 Å². The number of pyridine rings is 1. The zero-order chi connectivity index (χ0) is 23.2. The monoisotopic (exact) mass is 447 g/mol. The number of nitrogens with zero attached hydrogens (tertiary/aromatic N) is 5. The first-order chi connectivity index (χ1) is 16.6. The highest BCUT2D eigenvalue weighted by atomic mass is 16.5. The van der Waals surface area contributed by atoms with E-state index in [2.05, 4.69) is 31.7 Å². The first-order valence-corrected chi connectivity index (χ1v) is 10.9. The van der Waals surface area contributed by atoms with Gasteiger partial charge >= 0.3 is 0 Å². The van der Waals surface area contributed by atoms with E-state index in [0.717, 1.165) is 38.7 Å². The molecule has 7 nitrogen and oxygen atoms in total. The molecular weight excluding hydrogens is 426 g/mol. The average Bonchev–Trinajstić information content (AvgIpc) is 3.18. The van der Waals surface area contributed by atoms with Crippen molar-refractivity contribution in [3.63, 3.8) is 0 Å². The molecule has 0 atom stereocenters. The number of aromatic hydroxyl groups is 1. The third kappa shape index (κ3) is 3.17. The van der Waals surface area contributed by atoms with Gasteiger partial charge in [-0.2, -0.15) is 0 Å². The second-order valence-electron chi connectivity index (χ2n) is 8.25. The highest BCUT2D eigenvalue weighted by Crippen LogP contribution is 2.36. The number of ether oxygens (including phenoxy) is 1. The number of anilines is 1. The van der Waals surface area contributed by atoms with Gasteiger partial charge in [-0.15, -0.1) is 0 Å². The third-order valence-electron chi connectivity index (χ3n) is 5.93. The Balaban J connectivity index is 1.48. The largest absolute Gasteiger partial charge is 0.506 e. The zero-order valence-corrected chi connectivity index (χ0v) is 18.7. The predicted molar refractivity (Wildman–Crippen MR) is 134 cm³/mol. The second-order valence-corrected chi connectivity index (χ2v) is 8.25. The highest BCUT2D eigenvalue weighted by molar-refractivity contribution is 6.09. The van der Waals surface area contributed by atoms with Crippen LogP contribution in [0, 0.1) is 0 Å². The molecule has 0 radical (unpaired) electrons. The predicted octanol–water partition coefficient (Wildman–Crippen LogP) is 5.69. The van der Waals surface area contributed by atoms with Crippen molar-refractivity contribution in [2.45, 2.75) is 0 Å². The van der Waals surface area contributed by atoms with Crippen LogP contribution >= 0.6 is 0 Å². The summed E-state index contributed by atoms with van der Waals surface area (Å²) in [5, 5.41) is 13.5. The second kappa shape index (κ2) is 7.74. The third-order valence-corrected chi connectivity index (χ3v) is 5.93. The molecule has 1 N–H and O–H groups in total. The molecule has 0 saturated heterocycles. The number of para-hydroxylation sites is 1. The van der Waals surface area contributed by atoms with Crippen LogP contribution in [0.1, 0.15) is 0 Å². The lowest BCUT2D eigenvalue weighted by Gasteiger charge is -2.16. The van der Waals surface area contributed by atoms with Crippen LogP contribution < -0.4 is 9.64 Å². The fourth-order valence-corrected chi connectivity index (χ4v) is 4.41. The summed E-state index contributed by atoms with van der Waals surface area (Å²) in [6.45, 7) is 0. The summed E-state index contributed by atoms with van der Waals surface area (Å²) >= 11 is 0. The van der Waals surface area contributed by atoms with E-state index in [-0.39, 0.29) is 5.75 Å². The van der Waals surface area contributed by atoms with Gasteiger partial charge in [-0.05, 0) is 42.5 Å². The summed E-state index contributed by atoms with van der Waals surface area (Å²) in [7, 11) is 3.92. The van der Waals surface area contributed by atoms with Gasteiger partial charge < -0.3 is 14.7 Å². The number of aromatic nitrogens is 4. The lowest BCUT2D eigenvalue weighted by Crippen LogP contribution is -2.09. The van der Waals surface area contributed by atoms with Crippen molar-refractivity contribution in [3.8, 4) is 23.2 Å². The summed E-state index contributed by atoms with van der Waals surface area (Å²) in [6.07, 6.45) is 3.28. The van der Waals surface area contributed by atoms with E-state index in [1.165, 1.54) is 0 Å². The standard InChI is InChI=1S/C27H21N5O2/c1-31(2)21-10-11-24(33)27-20(21)9-12-26(30-27)34-17-7-8-19-18-5-3-4-6-22(18)32(23(19)15-17)25-13-14-28-16-29-25/h3-16,33H,1-2H3. The maximum Gasteiger partial charge on any atom is 0.219 e. The molecule has 0 amide bonds. The minimum absolute atomic E-state index is 0.116. The summed E-state index contributed by atoms with van der Waals surface area (Å²) in [5.74, 6) is 1.94. The molecule has 0 aliphatic rings. The van der Waals surface area contributed by atoms with Gasteiger partial charge in [0.05, 0.1) is 11.0 Å². The Bertz CT molecular complexity index is 1680. The van der Waals surface area contributed by atoms with Crippen molar-refractivity contribution in [1.82, 2.24) is 19.5 Å². The minimum atomic E-state index is 0.116. The van der Waals surface area contributed by atoms with E-state index >= 15 is 0 Å². The van der Waals surface area contributed by atoms with E-state index in [9.17, 15) is 5.11 Å². The van der Waals surface area contributed by atoms with E-state index in [1.54, 1.807) is 18.6 Å². The number of hydrogen-bond donors (Lipinski definition) is 1. The molecule has 0 unspecified atom stereocenters. The first-order valence-electron chi connectivity index (χ1n) is 10.9. The fourth-order valence-electron chi connectivity index (χ4n) is 4.41. The molecule has 34 heavy (non-hydrogen) atoms. The molecule has 0 bridgehead atoms.